The highest BCUT2D eigenvalue weighted by Crippen LogP contribution is 2.29. The molecule has 13 heteroatoms. The van der Waals surface area contributed by atoms with Gasteiger partial charge in [-0.15, -0.1) is 0 Å². The first-order valence-electron chi connectivity index (χ1n) is 12.4. The Kier molecular flexibility index (Phi) is 8.77. The van der Waals surface area contributed by atoms with Crippen LogP contribution < -0.4 is 10.2 Å². The van der Waals surface area contributed by atoms with E-state index in [4.69, 9.17) is 24.5 Å². The summed E-state index contributed by atoms with van der Waals surface area (Å²) in [7, 11) is 1.90. The van der Waals surface area contributed by atoms with E-state index in [0.29, 0.717) is 54.9 Å². The van der Waals surface area contributed by atoms with Crippen molar-refractivity contribution < 1.29 is 22.6 Å². The maximum Gasteiger partial charge on any atom is 0.411 e. The molecule has 4 rings (SSSR count). The standard InChI is InChI=1S/C24H33F3N8O2/c1-4-17-6-7-19(28-14-17)29-22-21-20(30-23(31-22)33(3)5-2)18(15-34-8-11-36-12-9-34)32-35(21)10-13-37-16-24(25,26)27/h6-7,14H,4-5,8-13,15-16H2,1-3H3,(H,28,29,30,31). The van der Waals surface area contributed by atoms with Crippen molar-refractivity contribution in [2.75, 3.05) is 63.3 Å². The molecule has 0 amide bonds. The molecule has 0 unspecified atom stereocenters. The van der Waals surface area contributed by atoms with E-state index in [9.17, 15) is 13.2 Å². The van der Waals surface area contributed by atoms with E-state index in [2.05, 4.69) is 22.1 Å². The second-order valence-corrected chi connectivity index (χ2v) is 8.84. The zero-order chi connectivity index (χ0) is 26.4. The first-order valence-corrected chi connectivity index (χ1v) is 12.4. The second-order valence-electron chi connectivity index (χ2n) is 8.84. The summed E-state index contributed by atoms with van der Waals surface area (Å²) in [5.41, 5.74) is 3.05. The Morgan fingerprint density at radius 2 is 1.95 bits per heavy atom. The van der Waals surface area contributed by atoms with E-state index in [1.54, 1.807) is 10.9 Å². The monoisotopic (exact) mass is 522 g/mol. The molecule has 1 fully saturated rings. The number of anilines is 3. The number of fused-ring (bicyclic) bond motifs is 1. The average molecular weight is 523 g/mol. The number of aromatic nitrogens is 5. The van der Waals surface area contributed by atoms with E-state index in [0.717, 1.165) is 30.8 Å². The predicted octanol–water partition coefficient (Wildman–Crippen LogP) is 3.39. The van der Waals surface area contributed by atoms with Crippen LogP contribution >= 0.6 is 0 Å². The fourth-order valence-electron chi connectivity index (χ4n) is 3.94. The Morgan fingerprint density at radius 1 is 1.16 bits per heavy atom. The van der Waals surface area contributed by atoms with Crippen molar-refractivity contribution in [1.82, 2.24) is 29.6 Å². The highest BCUT2D eigenvalue weighted by atomic mass is 19.4. The number of rotatable bonds is 11. The number of morpholine rings is 1. The summed E-state index contributed by atoms with van der Waals surface area (Å²) in [4.78, 5) is 18.2. The molecule has 10 nitrogen and oxygen atoms in total. The van der Waals surface area contributed by atoms with Gasteiger partial charge in [-0.05, 0) is 25.0 Å². The lowest BCUT2D eigenvalue weighted by atomic mass is 10.2. The van der Waals surface area contributed by atoms with Crippen molar-refractivity contribution >= 4 is 28.6 Å². The summed E-state index contributed by atoms with van der Waals surface area (Å²) in [5, 5.41) is 8.05. The molecular formula is C24H33F3N8O2. The fraction of sp³-hybridized carbons (Fsp3) is 0.583. The quantitative estimate of drug-likeness (QED) is 0.380. The van der Waals surface area contributed by atoms with Crippen LogP contribution in [0.4, 0.5) is 30.8 Å². The van der Waals surface area contributed by atoms with Crippen molar-refractivity contribution in [2.45, 2.75) is 39.5 Å². The third kappa shape index (κ3) is 7.05. The number of alkyl halides is 3. The minimum Gasteiger partial charge on any atom is -0.379 e. The predicted molar refractivity (Wildman–Crippen MR) is 134 cm³/mol. The summed E-state index contributed by atoms with van der Waals surface area (Å²) in [5.74, 6) is 1.59. The highest BCUT2D eigenvalue weighted by molar-refractivity contribution is 5.90. The molecule has 3 aromatic heterocycles. The Labute approximate surface area is 213 Å². The van der Waals surface area contributed by atoms with Crippen molar-refractivity contribution in [1.29, 1.82) is 0 Å². The van der Waals surface area contributed by atoms with Crippen molar-refractivity contribution in [3.8, 4) is 0 Å². The highest BCUT2D eigenvalue weighted by Gasteiger charge is 2.28. The maximum absolute atomic E-state index is 12.6. The lowest BCUT2D eigenvalue weighted by molar-refractivity contribution is -0.174. The summed E-state index contributed by atoms with van der Waals surface area (Å²) in [6.07, 6.45) is -1.72. The lowest BCUT2D eigenvalue weighted by Crippen LogP contribution is -2.35. The molecule has 1 N–H and O–H groups in total. The van der Waals surface area contributed by atoms with Crippen molar-refractivity contribution in [3.63, 3.8) is 0 Å². The molecule has 0 saturated carbocycles. The zero-order valence-corrected chi connectivity index (χ0v) is 21.4. The maximum atomic E-state index is 12.6. The molecule has 202 valence electrons. The Hall–Kier alpha value is -3.03. The number of hydrogen-bond acceptors (Lipinski definition) is 9. The number of nitrogens with one attached hydrogen (secondary N) is 1. The summed E-state index contributed by atoms with van der Waals surface area (Å²) < 4.78 is 49.8. The van der Waals surface area contributed by atoms with Gasteiger partial charge in [-0.1, -0.05) is 13.0 Å². The van der Waals surface area contributed by atoms with Gasteiger partial charge in [0.05, 0.1) is 26.4 Å². The van der Waals surface area contributed by atoms with Gasteiger partial charge in [0.2, 0.25) is 5.95 Å². The normalized spacial score (nSPS) is 14.9. The summed E-state index contributed by atoms with van der Waals surface area (Å²) in [6.45, 7) is 6.70. The van der Waals surface area contributed by atoms with Crippen LogP contribution in [0.5, 0.6) is 0 Å². The van der Waals surface area contributed by atoms with Gasteiger partial charge >= 0.3 is 6.18 Å². The molecule has 0 radical (unpaired) electrons. The number of aryl methyl sites for hydroxylation is 1. The molecule has 0 bridgehead atoms. The molecular weight excluding hydrogens is 489 g/mol. The van der Waals surface area contributed by atoms with Crippen LogP contribution in [0.25, 0.3) is 11.0 Å². The molecule has 0 aromatic carbocycles. The van der Waals surface area contributed by atoms with Gasteiger partial charge in [-0.3, -0.25) is 9.58 Å². The van der Waals surface area contributed by atoms with Crippen molar-refractivity contribution in [3.05, 3.63) is 29.6 Å². The van der Waals surface area contributed by atoms with Crippen LogP contribution in [0.15, 0.2) is 18.3 Å². The Bertz CT molecular complexity index is 1160. The summed E-state index contributed by atoms with van der Waals surface area (Å²) in [6, 6.07) is 3.86. The fourth-order valence-corrected chi connectivity index (χ4v) is 3.94. The second kappa shape index (κ2) is 12.0. The van der Waals surface area contributed by atoms with Crippen LogP contribution in [-0.4, -0.2) is 88.9 Å². The van der Waals surface area contributed by atoms with Gasteiger partial charge in [0.1, 0.15) is 29.2 Å². The smallest absolute Gasteiger partial charge is 0.379 e. The Balaban J connectivity index is 1.74. The van der Waals surface area contributed by atoms with Crippen LogP contribution in [0.1, 0.15) is 25.1 Å². The number of pyridine rings is 1. The Morgan fingerprint density at radius 3 is 2.59 bits per heavy atom. The van der Waals surface area contributed by atoms with Gasteiger partial charge in [-0.2, -0.15) is 23.3 Å². The zero-order valence-electron chi connectivity index (χ0n) is 21.4. The van der Waals surface area contributed by atoms with Gasteiger partial charge in [0.25, 0.3) is 0 Å². The number of nitrogens with zero attached hydrogens (tertiary/aromatic N) is 7. The SMILES string of the molecule is CCc1ccc(Nc2nc(N(C)CC)nc3c(CN4CCOCC4)nn(CCOCC(F)(F)F)c23)nc1. The number of halogens is 3. The molecule has 3 aromatic rings. The van der Waals surface area contributed by atoms with Crippen LogP contribution in [0.2, 0.25) is 0 Å². The van der Waals surface area contributed by atoms with E-state index in [1.165, 1.54) is 0 Å². The largest absolute Gasteiger partial charge is 0.411 e. The van der Waals surface area contributed by atoms with Crippen molar-refractivity contribution in [2.24, 2.45) is 0 Å². The minimum absolute atomic E-state index is 0.110. The average Bonchev–Trinajstić information content (AvgIpc) is 3.24. The van der Waals surface area contributed by atoms with E-state index < -0.39 is 12.8 Å². The lowest BCUT2D eigenvalue weighted by Gasteiger charge is -2.25. The van der Waals surface area contributed by atoms with Crippen LogP contribution in [0, 0.1) is 0 Å². The molecule has 4 heterocycles. The molecule has 1 saturated heterocycles. The van der Waals surface area contributed by atoms with Crippen LogP contribution in [-0.2, 0) is 29.0 Å². The topological polar surface area (TPSA) is 93.5 Å². The van der Waals surface area contributed by atoms with Gasteiger partial charge < -0.3 is 19.7 Å². The summed E-state index contributed by atoms with van der Waals surface area (Å²) >= 11 is 0. The molecule has 37 heavy (non-hydrogen) atoms. The van der Waals surface area contributed by atoms with E-state index in [1.807, 2.05) is 31.0 Å². The number of ether oxygens (including phenoxy) is 2. The number of hydrogen-bond donors (Lipinski definition) is 1. The van der Waals surface area contributed by atoms with Gasteiger partial charge in [0, 0.05) is 39.4 Å². The first-order chi connectivity index (χ1) is 17.8. The van der Waals surface area contributed by atoms with E-state index >= 15 is 0 Å². The molecule has 1 aliphatic heterocycles. The van der Waals surface area contributed by atoms with Gasteiger partial charge in [-0.25, -0.2) is 9.97 Å². The molecule has 0 aliphatic carbocycles. The third-order valence-electron chi connectivity index (χ3n) is 6.13. The molecule has 0 spiro atoms. The minimum atomic E-state index is -4.39. The first kappa shape index (κ1) is 27.0. The van der Waals surface area contributed by atoms with E-state index in [-0.39, 0.29) is 13.2 Å². The van der Waals surface area contributed by atoms with Crippen LogP contribution in [0.3, 0.4) is 0 Å². The van der Waals surface area contributed by atoms with Gasteiger partial charge in [0.15, 0.2) is 5.82 Å². The molecule has 1 aliphatic rings. The third-order valence-corrected chi connectivity index (χ3v) is 6.13. The molecule has 0 atom stereocenters.